The van der Waals surface area contributed by atoms with Crippen LogP contribution in [0.15, 0.2) is 55.2 Å². The molecule has 5 aromatic rings. The van der Waals surface area contributed by atoms with Crippen LogP contribution >= 0.6 is 0 Å². The third-order valence-electron chi connectivity index (χ3n) is 7.29. The van der Waals surface area contributed by atoms with Crippen LogP contribution in [0.4, 0.5) is 16.3 Å². The van der Waals surface area contributed by atoms with Crippen molar-refractivity contribution in [3.05, 3.63) is 60.8 Å². The van der Waals surface area contributed by atoms with Crippen LogP contribution in [0.3, 0.4) is 0 Å². The Labute approximate surface area is 249 Å². The molecule has 0 aliphatic heterocycles. The zero-order valence-electron chi connectivity index (χ0n) is 25.0. The minimum absolute atomic E-state index is 0.0361. The van der Waals surface area contributed by atoms with E-state index in [9.17, 15) is 4.79 Å². The monoisotopic (exact) mass is 582 g/mol. The van der Waals surface area contributed by atoms with E-state index in [0.717, 1.165) is 33.8 Å². The van der Waals surface area contributed by atoms with Crippen molar-refractivity contribution < 1.29 is 19.0 Å². The van der Waals surface area contributed by atoms with Crippen LogP contribution in [0.2, 0.25) is 0 Å². The van der Waals surface area contributed by atoms with Crippen molar-refractivity contribution in [2.45, 2.75) is 58.3 Å². The molecule has 0 bridgehead atoms. The van der Waals surface area contributed by atoms with Gasteiger partial charge in [-0.1, -0.05) is 0 Å². The number of nitrogens with one attached hydrogen (secondary N) is 1. The normalized spacial score (nSPS) is 16.5. The van der Waals surface area contributed by atoms with E-state index in [1.807, 2.05) is 75.7 Å². The molecule has 1 aliphatic rings. The molecule has 1 amide bonds. The second-order valence-electron chi connectivity index (χ2n) is 11.8. The zero-order valence-corrected chi connectivity index (χ0v) is 25.0. The highest BCUT2D eigenvalue weighted by Gasteiger charge is 2.37. The van der Waals surface area contributed by atoms with Gasteiger partial charge in [0.15, 0.2) is 5.82 Å². The number of carbonyl (C=O) groups is 1. The van der Waals surface area contributed by atoms with Gasteiger partial charge < -0.3 is 29.0 Å². The fourth-order valence-electron chi connectivity index (χ4n) is 4.85. The molecular formula is C31H34N8O4. The molecule has 2 aromatic carbocycles. The predicted octanol–water partition coefficient (Wildman–Crippen LogP) is 5.93. The molecule has 3 aromatic heterocycles. The topological polar surface area (TPSA) is 129 Å². The number of anilines is 2. The van der Waals surface area contributed by atoms with Crippen molar-refractivity contribution in [3.63, 3.8) is 0 Å². The van der Waals surface area contributed by atoms with Crippen LogP contribution in [-0.2, 0) is 11.8 Å². The molecule has 0 radical (unpaired) electrons. The smallest absolute Gasteiger partial charge is 0.410 e. The Morgan fingerprint density at radius 1 is 1.05 bits per heavy atom. The van der Waals surface area contributed by atoms with Gasteiger partial charge in [-0.3, -0.25) is 0 Å². The molecule has 1 aliphatic carbocycles. The highest BCUT2D eigenvalue weighted by Crippen LogP contribution is 2.32. The summed E-state index contributed by atoms with van der Waals surface area (Å²) in [6.45, 7) is 7.54. The molecule has 12 heteroatoms. The number of fused-ring (bicyclic) bond motifs is 2. The van der Waals surface area contributed by atoms with Crippen LogP contribution in [-0.4, -0.2) is 65.3 Å². The molecular weight excluding hydrogens is 548 g/mol. The van der Waals surface area contributed by atoms with Gasteiger partial charge in [0, 0.05) is 44.7 Å². The van der Waals surface area contributed by atoms with E-state index >= 15 is 0 Å². The van der Waals surface area contributed by atoms with Crippen molar-refractivity contribution >= 4 is 39.7 Å². The maximum atomic E-state index is 12.4. The minimum Gasteiger partial charge on any atom is -0.460 e. The first-order valence-electron chi connectivity index (χ1n) is 14.1. The number of benzene rings is 2. The minimum atomic E-state index is -0.540. The average Bonchev–Trinajstić information content (AvgIpc) is 3.30. The number of nitrogens with zero attached hydrogens (tertiary/aromatic N) is 7. The van der Waals surface area contributed by atoms with E-state index in [0.29, 0.717) is 29.7 Å². The van der Waals surface area contributed by atoms with Gasteiger partial charge in [-0.15, -0.1) is 0 Å². The Morgan fingerprint density at radius 3 is 2.63 bits per heavy atom. The maximum absolute atomic E-state index is 12.4. The lowest BCUT2D eigenvalue weighted by atomic mass is 9.88. The fraction of sp³-hybridized carbons (Fsp3) is 0.355. The maximum Gasteiger partial charge on any atom is 0.410 e. The number of ether oxygens (including phenoxy) is 3. The zero-order chi connectivity index (χ0) is 30.3. The summed E-state index contributed by atoms with van der Waals surface area (Å²) >= 11 is 0. The Kier molecular flexibility index (Phi) is 7.20. The van der Waals surface area contributed by atoms with Gasteiger partial charge in [0.2, 0.25) is 0 Å². The number of hydrogen-bond acceptors (Lipinski definition) is 10. The van der Waals surface area contributed by atoms with Gasteiger partial charge in [0.25, 0.3) is 0 Å². The molecule has 1 N–H and O–H groups in total. The number of carbonyl (C=O) groups excluding carboxylic acids is 1. The summed E-state index contributed by atoms with van der Waals surface area (Å²) in [5, 5.41) is 3.34. The van der Waals surface area contributed by atoms with Gasteiger partial charge in [-0.25, -0.2) is 24.7 Å². The number of aryl methyl sites for hydroxylation is 2. The summed E-state index contributed by atoms with van der Waals surface area (Å²) < 4.78 is 19.6. The molecule has 1 saturated carbocycles. The second kappa shape index (κ2) is 11.0. The number of rotatable bonds is 7. The van der Waals surface area contributed by atoms with Crippen LogP contribution in [0.25, 0.3) is 22.1 Å². The van der Waals surface area contributed by atoms with Gasteiger partial charge in [-0.2, -0.15) is 4.98 Å². The van der Waals surface area contributed by atoms with Crippen molar-refractivity contribution in [1.82, 2.24) is 34.4 Å². The molecule has 0 unspecified atom stereocenters. The number of aromatic nitrogens is 6. The highest BCUT2D eigenvalue weighted by molar-refractivity contribution is 5.86. The average molecular weight is 583 g/mol. The van der Waals surface area contributed by atoms with E-state index in [1.165, 1.54) is 6.33 Å². The number of imidazole rings is 1. The third kappa shape index (κ3) is 6.13. The Balaban J connectivity index is 1.12. The SMILES string of the molecule is Cc1cc(Nc2ncnc3cnc(OC4CC(N(C)C(=O)OC(C)(C)C)C4)nc23)ccc1Oc1ccc2c(c1)ncn2C. The molecule has 0 atom stereocenters. The van der Waals surface area contributed by atoms with E-state index in [2.05, 4.69) is 30.2 Å². The van der Waals surface area contributed by atoms with Crippen LogP contribution in [0, 0.1) is 6.92 Å². The van der Waals surface area contributed by atoms with Crippen molar-refractivity contribution in [1.29, 1.82) is 0 Å². The first kappa shape index (κ1) is 28.1. The molecule has 0 spiro atoms. The van der Waals surface area contributed by atoms with Crippen molar-refractivity contribution in [2.24, 2.45) is 7.05 Å². The molecule has 12 nitrogen and oxygen atoms in total. The van der Waals surface area contributed by atoms with Crippen LogP contribution in [0.5, 0.6) is 17.5 Å². The van der Waals surface area contributed by atoms with Gasteiger partial charge in [-0.05, 0) is 63.6 Å². The van der Waals surface area contributed by atoms with E-state index in [4.69, 9.17) is 14.2 Å². The van der Waals surface area contributed by atoms with Crippen LogP contribution in [0.1, 0.15) is 39.2 Å². The Hall–Kier alpha value is -5.00. The molecule has 3 heterocycles. The highest BCUT2D eigenvalue weighted by atomic mass is 16.6. The van der Waals surface area contributed by atoms with Gasteiger partial charge >= 0.3 is 12.1 Å². The number of amides is 1. The lowest BCUT2D eigenvalue weighted by Gasteiger charge is -2.40. The van der Waals surface area contributed by atoms with Crippen LogP contribution < -0.4 is 14.8 Å². The van der Waals surface area contributed by atoms with Crippen molar-refractivity contribution in [2.75, 3.05) is 12.4 Å². The van der Waals surface area contributed by atoms with E-state index < -0.39 is 5.60 Å². The molecule has 1 fully saturated rings. The third-order valence-corrected chi connectivity index (χ3v) is 7.29. The Bertz CT molecular complexity index is 1810. The largest absolute Gasteiger partial charge is 0.460 e. The lowest BCUT2D eigenvalue weighted by molar-refractivity contribution is -0.0106. The summed E-state index contributed by atoms with van der Waals surface area (Å²) in [6.07, 6.45) is 5.75. The molecule has 222 valence electrons. The number of hydrogen-bond donors (Lipinski definition) is 1. The summed E-state index contributed by atoms with van der Waals surface area (Å²) in [7, 11) is 3.71. The van der Waals surface area contributed by atoms with E-state index in [1.54, 1.807) is 24.5 Å². The summed E-state index contributed by atoms with van der Waals surface area (Å²) in [5.74, 6) is 1.99. The molecule has 43 heavy (non-hydrogen) atoms. The Morgan fingerprint density at radius 2 is 1.86 bits per heavy atom. The quantitative estimate of drug-likeness (QED) is 0.247. The summed E-state index contributed by atoms with van der Waals surface area (Å²) in [5.41, 5.74) is 4.26. The first-order chi connectivity index (χ1) is 20.5. The molecule has 6 rings (SSSR count). The lowest BCUT2D eigenvalue weighted by Crippen LogP contribution is -2.51. The van der Waals surface area contributed by atoms with Crippen molar-refractivity contribution in [3.8, 4) is 17.5 Å². The first-order valence-corrected chi connectivity index (χ1v) is 14.1. The van der Waals surface area contributed by atoms with Gasteiger partial charge in [0.1, 0.15) is 40.6 Å². The van der Waals surface area contributed by atoms with Gasteiger partial charge in [0.05, 0.1) is 23.6 Å². The predicted molar refractivity (Wildman–Crippen MR) is 162 cm³/mol. The molecule has 0 saturated heterocycles. The fourth-order valence-corrected chi connectivity index (χ4v) is 4.85. The summed E-state index contributed by atoms with van der Waals surface area (Å²) in [4.78, 5) is 36.1. The van der Waals surface area contributed by atoms with E-state index in [-0.39, 0.29) is 24.2 Å². The summed E-state index contributed by atoms with van der Waals surface area (Å²) in [6, 6.07) is 11.9. The second-order valence-corrected chi connectivity index (χ2v) is 11.8. The standard InChI is InChI=1S/C31H34N8O4/c1-18-11-19(7-10-26(18)41-21-8-9-25-23(14-21)35-17-38(25)5)36-28-27-24(33-16-34-28)15-32-29(37-27)42-22-12-20(13-22)39(6)30(40)43-31(2,3)4/h7-11,14-17,20,22H,12-13H2,1-6H3,(H,33,34,36).